The first-order valence-corrected chi connectivity index (χ1v) is 4.46. The Morgan fingerprint density at radius 2 is 2.30 bits per heavy atom. The number of fused-ring (bicyclic) bond motifs is 1. The van der Waals surface area contributed by atoms with Crippen molar-refractivity contribution in [2.75, 3.05) is 0 Å². The Morgan fingerprint density at radius 3 is 2.60 bits per heavy atom. The highest BCUT2D eigenvalue weighted by Crippen LogP contribution is 2.59. The summed E-state index contributed by atoms with van der Waals surface area (Å²) < 4.78 is 0. The average molecular weight is 154 g/mol. The van der Waals surface area contributed by atoms with Crippen LogP contribution in [-0.4, -0.2) is 0 Å². The van der Waals surface area contributed by atoms with Gasteiger partial charge < -0.3 is 0 Å². The van der Waals surface area contributed by atoms with Crippen LogP contribution in [0.1, 0.15) is 26.7 Å². The van der Waals surface area contributed by atoms with Crippen molar-refractivity contribution in [2.24, 2.45) is 17.3 Å². The first kappa shape index (κ1) is 6.78. The summed E-state index contributed by atoms with van der Waals surface area (Å²) in [7, 11) is 0. The van der Waals surface area contributed by atoms with Crippen molar-refractivity contribution < 1.29 is 0 Å². The minimum absolute atomic E-state index is 0.561. The van der Waals surface area contributed by atoms with Gasteiger partial charge in [0, 0.05) is 0 Å². The van der Waals surface area contributed by atoms with Crippen molar-refractivity contribution >= 4 is 12.6 Å². The molecule has 3 rings (SSSR count). The van der Waals surface area contributed by atoms with Gasteiger partial charge in [-0.1, -0.05) is 19.9 Å². The van der Waals surface area contributed by atoms with E-state index in [0.717, 1.165) is 11.8 Å². The monoisotopic (exact) mass is 154 g/mol. The van der Waals surface area contributed by atoms with E-state index >= 15 is 0 Å². The van der Waals surface area contributed by atoms with Crippen LogP contribution >= 0.6 is 12.6 Å². The van der Waals surface area contributed by atoms with Crippen LogP contribution in [0.15, 0.2) is 11.0 Å². The highest BCUT2D eigenvalue weighted by atomic mass is 32.1. The second-order valence-corrected chi connectivity index (χ2v) is 4.69. The summed E-state index contributed by atoms with van der Waals surface area (Å²) in [6.45, 7) is 4.74. The minimum atomic E-state index is 0.561. The van der Waals surface area contributed by atoms with E-state index in [2.05, 4.69) is 32.6 Å². The van der Waals surface area contributed by atoms with Gasteiger partial charge in [-0.2, -0.15) is 0 Å². The van der Waals surface area contributed by atoms with E-state index < -0.39 is 0 Å². The third-order valence-electron chi connectivity index (χ3n) is 3.44. The zero-order valence-electron chi connectivity index (χ0n) is 6.59. The number of allylic oxidation sites excluding steroid dienone is 2. The van der Waals surface area contributed by atoms with E-state index in [1.807, 2.05) is 0 Å². The van der Waals surface area contributed by atoms with E-state index in [9.17, 15) is 0 Å². The molecule has 0 heterocycles. The molecule has 2 atom stereocenters. The van der Waals surface area contributed by atoms with E-state index in [0.29, 0.717) is 5.41 Å². The molecule has 0 saturated heterocycles. The van der Waals surface area contributed by atoms with Gasteiger partial charge in [-0.05, 0) is 35.0 Å². The molecule has 0 aromatic carbocycles. The van der Waals surface area contributed by atoms with Gasteiger partial charge in [-0.15, -0.1) is 12.6 Å². The first-order valence-electron chi connectivity index (χ1n) is 4.01. The van der Waals surface area contributed by atoms with Crippen LogP contribution in [-0.2, 0) is 0 Å². The quantitative estimate of drug-likeness (QED) is 0.510. The number of hydrogen-bond acceptors (Lipinski definition) is 1. The molecule has 0 aromatic rings. The standard InChI is InChI=1S/C9H14S/c1-9(2)6-3-4-8(10)7(9)5-6/h4,6-7,10H,3,5H2,1-2H3. The molecule has 1 saturated carbocycles. The molecule has 56 valence electrons. The molecule has 0 amide bonds. The molecule has 2 bridgehead atoms. The van der Waals surface area contributed by atoms with E-state index in [1.165, 1.54) is 17.7 Å². The second kappa shape index (κ2) is 1.82. The van der Waals surface area contributed by atoms with E-state index in [-0.39, 0.29) is 0 Å². The highest BCUT2D eigenvalue weighted by molar-refractivity contribution is 7.84. The van der Waals surface area contributed by atoms with Crippen LogP contribution in [0.5, 0.6) is 0 Å². The molecular formula is C9H14S. The molecule has 0 aliphatic heterocycles. The van der Waals surface area contributed by atoms with Crippen LogP contribution in [0.25, 0.3) is 0 Å². The summed E-state index contributed by atoms with van der Waals surface area (Å²) in [5, 5.41) is 0. The number of rotatable bonds is 0. The molecule has 0 nitrogen and oxygen atoms in total. The maximum atomic E-state index is 4.47. The molecule has 1 fully saturated rings. The Hall–Kier alpha value is 0.0900. The highest BCUT2D eigenvalue weighted by Gasteiger charge is 2.50. The number of hydrogen-bond donors (Lipinski definition) is 1. The molecule has 3 aliphatic rings. The van der Waals surface area contributed by atoms with Gasteiger partial charge in [0.1, 0.15) is 0 Å². The fraction of sp³-hybridized carbons (Fsp3) is 0.778. The molecule has 10 heavy (non-hydrogen) atoms. The Kier molecular flexibility index (Phi) is 1.23. The lowest BCUT2D eigenvalue weighted by Crippen LogP contribution is -2.47. The summed E-state index contributed by atoms with van der Waals surface area (Å²) in [5.41, 5.74) is 0.561. The van der Waals surface area contributed by atoms with Crippen molar-refractivity contribution in [3.63, 3.8) is 0 Å². The lowest BCUT2D eigenvalue weighted by Gasteiger charge is -2.55. The van der Waals surface area contributed by atoms with Gasteiger partial charge in [0.05, 0.1) is 0 Å². The lowest BCUT2D eigenvalue weighted by molar-refractivity contribution is 0.000484. The van der Waals surface area contributed by atoms with Crippen LogP contribution in [0.2, 0.25) is 0 Å². The topological polar surface area (TPSA) is 0 Å². The van der Waals surface area contributed by atoms with Crippen molar-refractivity contribution in [3.8, 4) is 0 Å². The van der Waals surface area contributed by atoms with Gasteiger partial charge in [0.25, 0.3) is 0 Å². The maximum absolute atomic E-state index is 4.47. The van der Waals surface area contributed by atoms with Crippen LogP contribution in [0, 0.1) is 17.3 Å². The Balaban J connectivity index is 2.30. The Morgan fingerprint density at radius 1 is 1.60 bits per heavy atom. The van der Waals surface area contributed by atoms with E-state index in [4.69, 9.17) is 0 Å². The predicted molar refractivity (Wildman–Crippen MR) is 47.1 cm³/mol. The van der Waals surface area contributed by atoms with Crippen molar-refractivity contribution in [1.82, 2.24) is 0 Å². The summed E-state index contributed by atoms with van der Waals surface area (Å²) >= 11 is 4.47. The SMILES string of the molecule is CC1(C)C2CC=C(S)C1C2. The molecule has 0 aromatic heterocycles. The molecule has 0 N–H and O–H groups in total. The summed E-state index contributed by atoms with van der Waals surface area (Å²) in [5.74, 6) is 1.74. The normalized spacial score (nSPS) is 42.1. The third-order valence-corrected chi connectivity index (χ3v) is 3.93. The average Bonchev–Trinajstić information content (AvgIpc) is 1.87. The van der Waals surface area contributed by atoms with Gasteiger partial charge in [0.15, 0.2) is 0 Å². The van der Waals surface area contributed by atoms with Gasteiger partial charge in [0.2, 0.25) is 0 Å². The molecule has 1 heteroatoms. The van der Waals surface area contributed by atoms with Crippen LogP contribution in [0.3, 0.4) is 0 Å². The smallest absolute Gasteiger partial charge is 0.00507 e. The lowest BCUT2D eigenvalue weighted by atomic mass is 9.51. The van der Waals surface area contributed by atoms with Gasteiger partial charge in [-0.3, -0.25) is 0 Å². The second-order valence-electron chi connectivity index (χ2n) is 4.17. The molecule has 3 aliphatic carbocycles. The molecule has 0 radical (unpaired) electrons. The van der Waals surface area contributed by atoms with Crippen molar-refractivity contribution in [2.45, 2.75) is 26.7 Å². The summed E-state index contributed by atoms with van der Waals surface area (Å²) in [6.07, 6.45) is 4.96. The zero-order valence-corrected chi connectivity index (χ0v) is 7.49. The van der Waals surface area contributed by atoms with Crippen molar-refractivity contribution in [3.05, 3.63) is 11.0 Å². The fourth-order valence-electron chi connectivity index (χ4n) is 2.32. The first-order chi connectivity index (χ1) is 4.62. The van der Waals surface area contributed by atoms with Gasteiger partial charge in [-0.25, -0.2) is 0 Å². The Bertz CT molecular complexity index is 191. The van der Waals surface area contributed by atoms with Crippen molar-refractivity contribution in [1.29, 1.82) is 0 Å². The van der Waals surface area contributed by atoms with E-state index in [1.54, 1.807) is 0 Å². The molecular weight excluding hydrogens is 140 g/mol. The zero-order chi connectivity index (χ0) is 7.35. The van der Waals surface area contributed by atoms with Crippen LogP contribution < -0.4 is 0 Å². The molecule has 0 spiro atoms. The fourth-order valence-corrected chi connectivity index (χ4v) is 2.87. The molecule has 2 unspecified atom stereocenters. The Labute approximate surface area is 68.1 Å². The predicted octanol–water partition coefficient (Wildman–Crippen LogP) is 2.87. The maximum Gasteiger partial charge on any atom is -0.00507 e. The number of thiol groups is 1. The summed E-state index contributed by atoms with van der Waals surface area (Å²) in [6, 6.07) is 0. The summed E-state index contributed by atoms with van der Waals surface area (Å²) in [4.78, 5) is 1.34. The third kappa shape index (κ3) is 0.646. The largest absolute Gasteiger partial charge is 0.148 e. The van der Waals surface area contributed by atoms with Gasteiger partial charge >= 0.3 is 0 Å². The van der Waals surface area contributed by atoms with Crippen LogP contribution in [0.4, 0.5) is 0 Å². The minimum Gasteiger partial charge on any atom is -0.148 e.